The Morgan fingerprint density at radius 3 is 2.90 bits per heavy atom. The van der Waals surface area contributed by atoms with E-state index in [4.69, 9.17) is 10.00 Å². The number of benzene rings is 1. The van der Waals surface area contributed by atoms with E-state index < -0.39 is 4.92 Å². The summed E-state index contributed by atoms with van der Waals surface area (Å²) in [5.41, 5.74) is 0.886. The average Bonchev–Trinajstić information content (AvgIpc) is 3.30. The first-order valence-corrected chi connectivity index (χ1v) is 7.19. The van der Waals surface area contributed by atoms with E-state index in [9.17, 15) is 10.1 Å². The van der Waals surface area contributed by atoms with Crippen molar-refractivity contribution >= 4 is 5.69 Å². The zero-order valence-corrected chi connectivity index (χ0v) is 12.0. The molecule has 6 heteroatoms. The molecule has 1 aliphatic carbocycles. The van der Waals surface area contributed by atoms with Crippen LogP contribution in [-0.4, -0.2) is 23.6 Å². The zero-order chi connectivity index (χ0) is 15.2. The molecule has 1 aromatic rings. The number of ether oxygens (including phenoxy) is 1. The lowest BCUT2D eigenvalue weighted by Crippen LogP contribution is -2.31. The number of nitrogens with one attached hydrogen (secondary N) is 1. The highest BCUT2D eigenvalue weighted by molar-refractivity contribution is 5.48. The first kappa shape index (κ1) is 15.3. The van der Waals surface area contributed by atoms with Gasteiger partial charge in [-0.15, -0.1) is 0 Å². The monoisotopic (exact) mass is 289 g/mol. The molecule has 1 aromatic carbocycles. The van der Waals surface area contributed by atoms with Gasteiger partial charge in [0.1, 0.15) is 0 Å². The summed E-state index contributed by atoms with van der Waals surface area (Å²) in [4.78, 5) is 10.6. The number of hydrogen-bond donors (Lipinski definition) is 1. The third kappa shape index (κ3) is 4.43. The molecule has 0 heterocycles. The molecule has 0 radical (unpaired) electrons. The Hall–Kier alpha value is -2.13. The molecular weight excluding hydrogens is 270 g/mol. The maximum absolute atomic E-state index is 11.1. The summed E-state index contributed by atoms with van der Waals surface area (Å²) in [5, 5.41) is 23.3. The lowest BCUT2D eigenvalue weighted by atomic mass is 10.1. The van der Waals surface area contributed by atoms with Crippen LogP contribution in [0.25, 0.3) is 0 Å². The summed E-state index contributed by atoms with van der Waals surface area (Å²) in [7, 11) is 0. The number of rotatable bonds is 8. The Morgan fingerprint density at radius 1 is 1.57 bits per heavy atom. The molecule has 1 N–H and O–H groups in total. The summed E-state index contributed by atoms with van der Waals surface area (Å²) in [6.07, 6.45) is 3.48. The van der Waals surface area contributed by atoms with E-state index in [2.05, 4.69) is 11.4 Å². The van der Waals surface area contributed by atoms with Gasteiger partial charge in [0.15, 0.2) is 5.75 Å². The number of aryl methyl sites for hydroxylation is 1. The van der Waals surface area contributed by atoms with Gasteiger partial charge < -0.3 is 4.74 Å². The first-order valence-electron chi connectivity index (χ1n) is 7.19. The highest BCUT2D eigenvalue weighted by atomic mass is 16.6. The predicted molar refractivity (Wildman–Crippen MR) is 78.1 cm³/mol. The molecule has 1 saturated carbocycles. The molecule has 0 saturated heterocycles. The Bertz CT molecular complexity index is 550. The minimum absolute atomic E-state index is 0.0157. The highest BCUT2D eigenvalue weighted by Gasteiger charge is 2.24. The largest absolute Gasteiger partial charge is 0.487 e. The maximum atomic E-state index is 11.1. The minimum atomic E-state index is -0.432. The first-order chi connectivity index (χ1) is 10.1. The molecule has 0 aromatic heterocycles. The van der Waals surface area contributed by atoms with Gasteiger partial charge in [-0.2, -0.15) is 5.26 Å². The standard InChI is InChI=1S/C15H19N3O3/c1-2-11-3-6-15(14(9-11)18(19)20)21-8-7-13(10-16)17-12-4-5-12/h3,6,9,12-13,17H,2,4-5,7-8H2,1H3. The van der Waals surface area contributed by atoms with Crippen LogP contribution in [0.4, 0.5) is 5.69 Å². The van der Waals surface area contributed by atoms with E-state index >= 15 is 0 Å². The number of hydrogen-bond acceptors (Lipinski definition) is 5. The van der Waals surface area contributed by atoms with Crippen LogP contribution >= 0.6 is 0 Å². The Morgan fingerprint density at radius 2 is 2.33 bits per heavy atom. The fraction of sp³-hybridized carbons (Fsp3) is 0.533. The summed E-state index contributed by atoms with van der Waals surface area (Å²) in [6.45, 7) is 2.23. The number of nitriles is 1. The van der Waals surface area contributed by atoms with E-state index in [-0.39, 0.29) is 24.1 Å². The molecule has 0 amide bonds. The molecular formula is C15H19N3O3. The van der Waals surface area contributed by atoms with Crippen LogP contribution in [0, 0.1) is 21.4 Å². The molecule has 0 spiro atoms. The van der Waals surface area contributed by atoms with Gasteiger partial charge in [-0.1, -0.05) is 13.0 Å². The van der Waals surface area contributed by atoms with Gasteiger partial charge in [-0.25, -0.2) is 0 Å². The Balaban J connectivity index is 1.92. The van der Waals surface area contributed by atoms with Crippen molar-refractivity contribution in [2.75, 3.05) is 6.61 Å². The second kappa shape index (κ2) is 7.04. The molecule has 1 fully saturated rings. The predicted octanol–water partition coefficient (Wildman–Crippen LogP) is 2.57. The normalized spacial score (nSPS) is 15.2. The van der Waals surface area contributed by atoms with E-state index in [1.807, 2.05) is 13.0 Å². The number of nitro groups is 1. The van der Waals surface area contributed by atoms with Gasteiger partial charge in [0.05, 0.1) is 23.6 Å². The van der Waals surface area contributed by atoms with Crippen molar-refractivity contribution in [3.8, 4) is 11.8 Å². The van der Waals surface area contributed by atoms with Crippen molar-refractivity contribution < 1.29 is 9.66 Å². The van der Waals surface area contributed by atoms with Gasteiger partial charge in [0.25, 0.3) is 0 Å². The summed E-state index contributed by atoms with van der Waals surface area (Å²) in [6, 6.07) is 7.38. The molecule has 1 atom stereocenters. The topological polar surface area (TPSA) is 88.2 Å². The average molecular weight is 289 g/mol. The third-order valence-electron chi connectivity index (χ3n) is 3.46. The van der Waals surface area contributed by atoms with Crippen molar-refractivity contribution in [2.24, 2.45) is 0 Å². The fourth-order valence-electron chi connectivity index (χ4n) is 2.05. The van der Waals surface area contributed by atoms with Gasteiger partial charge in [-0.05, 0) is 30.9 Å². The van der Waals surface area contributed by atoms with Gasteiger partial charge >= 0.3 is 5.69 Å². The van der Waals surface area contributed by atoms with E-state index in [1.54, 1.807) is 12.1 Å². The van der Waals surface area contributed by atoms with E-state index in [0.717, 1.165) is 24.8 Å². The Kier molecular flexibility index (Phi) is 5.12. The molecule has 6 nitrogen and oxygen atoms in total. The van der Waals surface area contributed by atoms with Crippen LogP contribution in [0.2, 0.25) is 0 Å². The summed E-state index contributed by atoms with van der Waals surface area (Å²) < 4.78 is 5.50. The number of nitrogens with zero attached hydrogens (tertiary/aromatic N) is 2. The molecule has 21 heavy (non-hydrogen) atoms. The molecule has 0 bridgehead atoms. The van der Waals surface area contributed by atoms with Gasteiger partial charge in [0.2, 0.25) is 0 Å². The molecule has 0 aliphatic heterocycles. The van der Waals surface area contributed by atoms with Crippen molar-refractivity contribution in [3.05, 3.63) is 33.9 Å². The van der Waals surface area contributed by atoms with Gasteiger partial charge in [-0.3, -0.25) is 15.4 Å². The van der Waals surface area contributed by atoms with Crippen LogP contribution in [0.15, 0.2) is 18.2 Å². The second-order valence-electron chi connectivity index (χ2n) is 5.17. The fourth-order valence-corrected chi connectivity index (χ4v) is 2.05. The van der Waals surface area contributed by atoms with Crippen molar-refractivity contribution in [3.63, 3.8) is 0 Å². The maximum Gasteiger partial charge on any atom is 0.311 e. The highest BCUT2D eigenvalue weighted by Crippen LogP contribution is 2.28. The van der Waals surface area contributed by atoms with Crippen LogP contribution in [-0.2, 0) is 6.42 Å². The minimum Gasteiger partial charge on any atom is -0.487 e. The Labute approximate surface area is 123 Å². The SMILES string of the molecule is CCc1ccc(OCCC(C#N)NC2CC2)c([N+](=O)[O-])c1. The van der Waals surface area contributed by atoms with Crippen molar-refractivity contribution in [1.82, 2.24) is 5.32 Å². The van der Waals surface area contributed by atoms with Crippen LogP contribution in [0.5, 0.6) is 5.75 Å². The van der Waals surface area contributed by atoms with E-state index in [1.165, 1.54) is 0 Å². The summed E-state index contributed by atoms with van der Waals surface area (Å²) >= 11 is 0. The zero-order valence-electron chi connectivity index (χ0n) is 12.0. The third-order valence-corrected chi connectivity index (χ3v) is 3.46. The second-order valence-corrected chi connectivity index (χ2v) is 5.17. The van der Waals surface area contributed by atoms with Crippen molar-refractivity contribution in [2.45, 2.75) is 44.7 Å². The molecule has 1 aliphatic rings. The van der Waals surface area contributed by atoms with Crippen LogP contribution in [0.1, 0.15) is 31.7 Å². The van der Waals surface area contributed by atoms with E-state index in [0.29, 0.717) is 12.5 Å². The molecule has 1 unspecified atom stereocenters. The summed E-state index contributed by atoms with van der Waals surface area (Å²) in [5.74, 6) is 0.264. The lowest BCUT2D eigenvalue weighted by Gasteiger charge is -2.12. The van der Waals surface area contributed by atoms with Crippen molar-refractivity contribution in [1.29, 1.82) is 5.26 Å². The van der Waals surface area contributed by atoms with Gasteiger partial charge in [0, 0.05) is 18.5 Å². The van der Waals surface area contributed by atoms with Crippen LogP contribution < -0.4 is 10.1 Å². The smallest absolute Gasteiger partial charge is 0.311 e. The molecule has 2 rings (SSSR count). The number of nitro benzene ring substituents is 1. The molecule has 112 valence electrons. The van der Waals surface area contributed by atoms with Crippen LogP contribution in [0.3, 0.4) is 0 Å². The lowest BCUT2D eigenvalue weighted by molar-refractivity contribution is -0.385. The quantitative estimate of drug-likeness (QED) is 0.587.